The summed E-state index contributed by atoms with van der Waals surface area (Å²) >= 11 is 0. The minimum atomic E-state index is 0.121. The molecule has 1 saturated carbocycles. The second-order valence-corrected chi connectivity index (χ2v) is 5.73. The van der Waals surface area contributed by atoms with E-state index < -0.39 is 0 Å². The number of nitrogens with zero attached hydrogens (tertiary/aromatic N) is 1. The molecule has 0 unspecified atom stereocenters. The van der Waals surface area contributed by atoms with Crippen molar-refractivity contribution < 1.29 is 9.53 Å². The smallest absolute Gasteiger partial charge is 0.223 e. The Hall–Kier alpha value is -1.39. The predicted molar refractivity (Wildman–Crippen MR) is 77.2 cm³/mol. The molecule has 0 spiro atoms. The van der Waals surface area contributed by atoms with Crippen LogP contribution in [0.1, 0.15) is 18.4 Å². The number of rotatable bonds is 5. The van der Waals surface area contributed by atoms with Gasteiger partial charge in [0.1, 0.15) is 0 Å². The van der Waals surface area contributed by atoms with Crippen LogP contribution in [0.15, 0.2) is 30.3 Å². The molecule has 1 aromatic rings. The van der Waals surface area contributed by atoms with Gasteiger partial charge in [0.15, 0.2) is 0 Å². The van der Waals surface area contributed by atoms with Crippen molar-refractivity contribution in [2.75, 3.05) is 26.2 Å². The number of morpholine rings is 1. The van der Waals surface area contributed by atoms with E-state index in [1.54, 1.807) is 0 Å². The highest BCUT2D eigenvalue weighted by Gasteiger charge is 2.30. The summed E-state index contributed by atoms with van der Waals surface area (Å²) in [5.41, 5.74) is 1.33. The van der Waals surface area contributed by atoms with Gasteiger partial charge in [0.05, 0.1) is 12.7 Å². The lowest BCUT2D eigenvalue weighted by molar-refractivity contribution is -0.123. The summed E-state index contributed by atoms with van der Waals surface area (Å²) in [6, 6.07) is 10.5. The van der Waals surface area contributed by atoms with Gasteiger partial charge in [0.2, 0.25) is 5.91 Å². The zero-order valence-electron chi connectivity index (χ0n) is 11.8. The second-order valence-electron chi connectivity index (χ2n) is 5.73. The minimum Gasteiger partial charge on any atom is -0.374 e. The van der Waals surface area contributed by atoms with Crippen molar-refractivity contribution in [2.45, 2.75) is 25.5 Å². The molecule has 0 bridgehead atoms. The molecular formula is C16H22N2O2. The van der Waals surface area contributed by atoms with E-state index >= 15 is 0 Å². The molecule has 4 nitrogen and oxygen atoms in total. The predicted octanol–water partition coefficient (Wildman–Crippen LogP) is 1.41. The van der Waals surface area contributed by atoms with Crippen molar-refractivity contribution in [2.24, 2.45) is 5.92 Å². The third-order valence-electron chi connectivity index (χ3n) is 3.92. The lowest BCUT2D eigenvalue weighted by atomic mass is 10.2. The first-order valence-electron chi connectivity index (χ1n) is 7.47. The summed E-state index contributed by atoms with van der Waals surface area (Å²) in [4.78, 5) is 14.0. The average molecular weight is 274 g/mol. The van der Waals surface area contributed by atoms with Crippen LogP contribution >= 0.6 is 0 Å². The van der Waals surface area contributed by atoms with Gasteiger partial charge in [0, 0.05) is 32.1 Å². The summed E-state index contributed by atoms with van der Waals surface area (Å²) in [6.07, 6.45) is 2.23. The Morgan fingerprint density at radius 2 is 2.10 bits per heavy atom. The van der Waals surface area contributed by atoms with Crippen LogP contribution in [0.4, 0.5) is 0 Å². The Labute approximate surface area is 120 Å². The number of carbonyl (C=O) groups excluding carboxylic acids is 1. The van der Waals surface area contributed by atoms with Gasteiger partial charge in [0.25, 0.3) is 0 Å². The number of amides is 1. The third kappa shape index (κ3) is 3.81. The van der Waals surface area contributed by atoms with E-state index in [1.807, 2.05) is 6.07 Å². The van der Waals surface area contributed by atoms with Crippen LogP contribution in [0.2, 0.25) is 0 Å². The normalized spacial score (nSPS) is 23.5. The number of hydrogen-bond acceptors (Lipinski definition) is 3. The molecule has 20 heavy (non-hydrogen) atoms. The number of benzene rings is 1. The van der Waals surface area contributed by atoms with Gasteiger partial charge in [-0.2, -0.15) is 0 Å². The Kier molecular flexibility index (Phi) is 4.33. The fourth-order valence-corrected chi connectivity index (χ4v) is 2.59. The Morgan fingerprint density at radius 1 is 1.30 bits per heavy atom. The molecule has 1 heterocycles. The lowest BCUT2D eigenvalue weighted by Gasteiger charge is -2.33. The first-order chi connectivity index (χ1) is 9.81. The van der Waals surface area contributed by atoms with Crippen molar-refractivity contribution in [1.29, 1.82) is 0 Å². The Bertz CT molecular complexity index is 445. The fourth-order valence-electron chi connectivity index (χ4n) is 2.59. The molecule has 1 aliphatic heterocycles. The SMILES string of the molecule is O=C(NC[C@H]1CN(Cc2ccccc2)CCO1)C1CC1. The van der Waals surface area contributed by atoms with Gasteiger partial charge in [-0.25, -0.2) is 0 Å². The molecule has 0 radical (unpaired) electrons. The van der Waals surface area contributed by atoms with E-state index in [-0.39, 0.29) is 17.9 Å². The third-order valence-corrected chi connectivity index (χ3v) is 3.92. The summed E-state index contributed by atoms with van der Waals surface area (Å²) < 4.78 is 5.74. The highest BCUT2D eigenvalue weighted by molar-refractivity contribution is 5.80. The van der Waals surface area contributed by atoms with Crippen LogP contribution in [-0.4, -0.2) is 43.2 Å². The van der Waals surface area contributed by atoms with E-state index in [1.165, 1.54) is 5.56 Å². The largest absolute Gasteiger partial charge is 0.374 e. The maximum absolute atomic E-state index is 11.6. The van der Waals surface area contributed by atoms with E-state index in [4.69, 9.17) is 4.74 Å². The number of ether oxygens (including phenoxy) is 1. The van der Waals surface area contributed by atoms with Gasteiger partial charge in [-0.05, 0) is 18.4 Å². The summed E-state index contributed by atoms with van der Waals surface area (Å²) in [7, 11) is 0. The zero-order chi connectivity index (χ0) is 13.8. The fraction of sp³-hybridized carbons (Fsp3) is 0.562. The van der Waals surface area contributed by atoms with E-state index in [0.29, 0.717) is 6.54 Å². The van der Waals surface area contributed by atoms with Crippen LogP contribution in [0, 0.1) is 5.92 Å². The lowest BCUT2D eigenvalue weighted by Crippen LogP contribution is -2.47. The monoisotopic (exact) mass is 274 g/mol. The molecule has 4 heteroatoms. The molecule has 1 atom stereocenters. The van der Waals surface area contributed by atoms with E-state index in [0.717, 1.165) is 39.1 Å². The minimum absolute atomic E-state index is 0.121. The average Bonchev–Trinajstić information content (AvgIpc) is 3.31. The van der Waals surface area contributed by atoms with Crippen molar-refractivity contribution in [3.8, 4) is 0 Å². The quantitative estimate of drug-likeness (QED) is 0.883. The Morgan fingerprint density at radius 3 is 2.85 bits per heavy atom. The van der Waals surface area contributed by atoms with Crippen LogP contribution in [0.3, 0.4) is 0 Å². The van der Waals surface area contributed by atoms with Gasteiger partial charge in [-0.15, -0.1) is 0 Å². The summed E-state index contributed by atoms with van der Waals surface area (Å²) in [6.45, 7) is 4.19. The van der Waals surface area contributed by atoms with Crippen LogP contribution in [-0.2, 0) is 16.1 Å². The highest BCUT2D eigenvalue weighted by atomic mass is 16.5. The maximum atomic E-state index is 11.6. The van der Waals surface area contributed by atoms with Gasteiger partial charge in [-0.1, -0.05) is 30.3 Å². The standard InChI is InChI=1S/C16H22N2O2/c19-16(14-6-7-14)17-10-15-12-18(8-9-20-15)11-13-4-2-1-3-5-13/h1-5,14-15H,6-12H2,(H,17,19)/t15-/m0/s1. The zero-order valence-corrected chi connectivity index (χ0v) is 11.8. The van der Waals surface area contributed by atoms with Gasteiger partial charge in [-0.3, -0.25) is 9.69 Å². The van der Waals surface area contributed by atoms with Gasteiger partial charge < -0.3 is 10.1 Å². The first-order valence-corrected chi connectivity index (χ1v) is 7.47. The molecular weight excluding hydrogens is 252 g/mol. The molecule has 2 fully saturated rings. The van der Waals surface area contributed by atoms with Crippen LogP contribution in [0.5, 0.6) is 0 Å². The van der Waals surface area contributed by atoms with Crippen LogP contribution < -0.4 is 5.32 Å². The molecule has 1 saturated heterocycles. The van der Waals surface area contributed by atoms with Gasteiger partial charge >= 0.3 is 0 Å². The topological polar surface area (TPSA) is 41.6 Å². The molecule has 0 aromatic heterocycles. The van der Waals surface area contributed by atoms with E-state index in [2.05, 4.69) is 34.5 Å². The number of hydrogen-bond donors (Lipinski definition) is 1. The van der Waals surface area contributed by atoms with Crippen molar-refractivity contribution >= 4 is 5.91 Å². The maximum Gasteiger partial charge on any atom is 0.223 e. The van der Waals surface area contributed by atoms with Crippen molar-refractivity contribution in [3.05, 3.63) is 35.9 Å². The molecule has 1 amide bonds. The second kappa shape index (κ2) is 6.37. The first kappa shape index (κ1) is 13.6. The molecule has 1 aromatic carbocycles. The molecule has 1 aliphatic carbocycles. The van der Waals surface area contributed by atoms with Crippen molar-refractivity contribution in [1.82, 2.24) is 10.2 Å². The Balaban J connectivity index is 1.45. The van der Waals surface area contributed by atoms with Crippen LogP contribution in [0.25, 0.3) is 0 Å². The van der Waals surface area contributed by atoms with Crippen molar-refractivity contribution in [3.63, 3.8) is 0 Å². The summed E-state index contributed by atoms with van der Waals surface area (Å²) in [5, 5.41) is 3.01. The summed E-state index contributed by atoms with van der Waals surface area (Å²) in [5.74, 6) is 0.479. The molecule has 108 valence electrons. The number of carbonyl (C=O) groups is 1. The van der Waals surface area contributed by atoms with E-state index in [9.17, 15) is 4.79 Å². The molecule has 2 aliphatic rings. The highest BCUT2D eigenvalue weighted by Crippen LogP contribution is 2.28. The molecule has 1 N–H and O–H groups in total. The number of nitrogens with one attached hydrogen (secondary N) is 1. The molecule has 3 rings (SSSR count).